The van der Waals surface area contributed by atoms with Crippen LogP contribution in [0.15, 0.2) is 48.7 Å². The van der Waals surface area contributed by atoms with Crippen LogP contribution >= 0.6 is 23.2 Å². The molecule has 2 aliphatic heterocycles. The molecular formula is C33H42Cl2N6O5S. The largest absolute Gasteiger partial charge is 0.453 e. The van der Waals surface area contributed by atoms with Crippen molar-refractivity contribution in [3.05, 3.63) is 64.3 Å². The van der Waals surface area contributed by atoms with Gasteiger partial charge >= 0.3 is 6.09 Å². The zero-order valence-electron chi connectivity index (χ0n) is 26.8. The molecule has 5 rings (SSSR count). The van der Waals surface area contributed by atoms with Crippen LogP contribution in [-0.4, -0.2) is 106 Å². The van der Waals surface area contributed by atoms with E-state index in [-0.39, 0.29) is 5.75 Å². The number of nitrogens with zero attached hydrogens (tertiary/aromatic N) is 5. The van der Waals surface area contributed by atoms with Crippen molar-refractivity contribution in [2.75, 3.05) is 76.4 Å². The van der Waals surface area contributed by atoms with Gasteiger partial charge in [0.2, 0.25) is 5.88 Å². The second kappa shape index (κ2) is 16.3. The molecule has 0 bridgehead atoms. The minimum absolute atomic E-state index is 0.221. The third-order valence-corrected chi connectivity index (χ3v) is 9.95. The van der Waals surface area contributed by atoms with E-state index in [4.69, 9.17) is 37.7 Å². The molecule has 0 atom stereocenters. The number of hydrogen-bond donors (Lipinski definition) is 1. The molecule has 2 saturated heterocycles. The molecule has 0 spiro atoms. The maximum Gasteiger partial charge on any atom is 0.406 e. The number of aromatic nitrogens is 2. The summed E-state index contributed by atoms with van der Waals surface area (Å²) in [5.74, 6) is 2.53. The first-order valence-corrected chi connectivity index (χ1v) is 18.6. The molecule has 254 valence electrons. The molecule has 1 N–H and O–H groups in total. The highest BCUT2D eigenvalue weighted by atomic mass is 35.5. The summed E-state index contributed by atoms with van der Waals surface area (Å²) in [5.41, 5.74) is 2.55. The van der Waals surface area contributed by atoms with Crippen LogP contribution in [0.5, 0.6) is 11.6 Å². The third kappa shape index (κ3) is 10.9. The second-order valence-electron chi connectivity index (χ2n) is 12.2. The molecule has 14 heteroatoms. The summed E-state index contributed by atoms with van der Waals surface area (Å²) in [7, 11) is -1.56. The fraction of sp³-hybridized carbons (Fsp3) is 0.485. The van der Waals surface area contributed by atoms with Crippen LogP contribution in [0, 0.1) is 5.92 Å². The van der Waals surface area contributed by atoms with Crippen molar-refractivity contribution < 1.29 is 22.7 Å². The minimum Gasteiger partial charge on any atom is -0.453 e. The molecule has 4 heterocycles. The number of hydrogen-bond acceptors (Lipinski definition) is 10. The molecule has 0 unspecified atom stereocenters. The Bertz CT molecular complexity index is 1590. The van der Waals surface area contributed by atoms with E-state index in [0.29, 0.717) is 46.3 Å². The fourth-order valence-corrected chi connectivity index (χ4v) is 7.13. The monoisotopic (exact) mass is 704 g/mol. The lowest BCUT2D eigenvalue weighted by molar-refractivity contribution is 0.155. The van der Waals surface area contributed by atoms with Gasteiger partial charge in [0.1, 0.15) is 21.4 Å². The molecular weight excluding hydrogens is 663 g/mol. The Morgan fingerprint density at radius 2 is 1.70 bits per heavy atom. The maximum absolute atomic E-state index is 11.5. The van der Waals surface area contributed by atoms with Crippen molar-refractivity contribution >= 4 is 45.0 Å². The first-order valence-electron chi connectivity index (χ1n) is 15.8. The second-order valence-corrected chi connectivity index (χ2v) is 15.3. The zero-order chi connectivity index (χ0) is 33.4. The molecule has 1 amide bonds. The van der Waals surface area contributed by atoms with Gasteiger partial charge in [-0.25, -0.2) is 23.2 Å². The minimum atomic E-state index is -2.93. The molecule has 0 saturated carbocycles. The highest BCUT2D eigenvalue weighted by Crippen LogP contribution is 2.31. The Hall–Kier alpha value is -3.16. The van der Waals surface area contributed by atoms with Crippen LogP contribution in [0.4, 0.5) is 10.6 Å². The van der Waals surface area contributed by atoms with Gasteiger partial charge < -0.3 is 19.7 Å². The molecule has 2 aromatic heterocycles. The van der Waals surface area contributed by atoms with Gasteiger partial charge in [0, 0.05) is 67.2 Å². The number of alkyl carbamates (subject to hydrolysis) is 1. The van der Waals surface area contributed by atoms with E-state index in [0.717, 1.165) is 82.1 Å². The molecule has 0 aliphatic carbocycles. The quantitative estimate of drug-likeness (QED) is 0.264. The number of nitrogens with one attached hydrogen (secondary N) is 1. The number of ether oxygens (including phenoxy) is 2. The van der Waals surface area contributed by atoms with Gasteiger partial charge in [-0.1, -0.05) is 23.2 Å². The van der Waals surface area contributed by atoms with Crippen LogP contribution in [-0.2, 0) is 21.1 Å². The van der Waals surface area contributed by atoms with Gasteiger partial charge in [-0.15, -0.1) is 0 Å². The van der Waals surface area contributed by atoms with Crippen molar-refractivity contribution in [3.63, 3.8) is 0 Å². The van der Waals surface area contributed by atoms with E-state index in [2.05, 4.69) is 25.0 Å². The summed E-state index contributed by atoms with van der Waals surface area (Å²) in [6, 6.07) is 13.2. The van der Waals surface area contributed by atoms with E-state index in [1.165, 1.54) is 13.4 Å². The van der Waals surface area contributed by atoms with Gasteiger partial charge in [-0.3, -0.25) is 9.80 Å². The van der Waals surface area contributed by atoms with E-state index >= 15 is 0 Å². The van der Waals surface area contributed by atoms with Crippen molar-refractivity contribution in [2.45, 2.75) is 25.8 Å². The van der Waals surface area contributed by atoms with Crippen molar-refractivity contribution in [1.29, 1.82) is 0 Å². The summed E-state index contributed by atoms with van der Waals surface area (Å²) in [6.07, 6.45) is 5.21. The predicted octanol–water partition coefficient (Wildman–Crippen LogP) is 5.37. The first kappa shape index (κ1) is 35.2. The Morgan fingerprint density at radius 1 is 0.979 bits per heavy atom. The summed E-state index contributed by atoms with van der Waals surface area (Å²) < 4.78 is 33.8. The summed E-state index contributed by atoms with van der Waals surface area (Å²) in [4.78, 5) is 27.9. The molecule has 1 aromatic carbocycles. The Kier molecular flexibility index (Phi) is 12.2. The lowest BCUT2D eigenvalue weighted by Gasteiger charge is -2.35. The Labute approximate surface area is 287 Å². The maximum atomic E-state index is 11.5. The van der Waals surface area contributed by atoms with Crippen LogP contribution in [0.3, 0.4) is 0 Å². The number of benzene rings is 1. The normalized spacial score (nSPS) is 16.6. The Morgan fingerprint density at radius 3 is 2.34 bits per heavy atom. The number of pyridine rings is 2. The number of halogens is 2. The lowest BCUT2D eigenvalue weighted by atomic mass is 9.96. The summed E-state index contributed by atoms with van der Waals surface area (Å²) in [6.45, 7) is 7.29. The number of methoxy groups -OCH3 is 1. The van der Waals surface area contributed by atoms with Gasteiger partial charge in [-0.2, -0.15) is 0 Å². The van der Waals surface area contributed by atoms with Gasteiger partial charge in [0.25, 0.3) is 0 Å². The smallest absolute Gasteiger partial charge is 0.406 e. The first-order chi connectivity index (χ1) is 22.5. The molecule has 2 fully saturated rings. The molecule has 3 aromatic rings. The van der Waals surface area contributed by atoms with Gasteiger partial charge in [-0.05, 0) is 86.8 Å². The van der Waals surface area contributed by atoms with Crippen LogP contribution in [0.2, 0.25) is 10.0 Å². The number of rotatable bonds is 12. The number of piperidine rings is 1. The standard InChI is InChI=1S/C33H42Cl2N6O5S/c1-45-33(42)37-21-24-6-9-40(10-7-24)23-25-16-30(26-18-27(34)20-28(35)19-26)38-32(17-25)46-29-4-5-31(36-22-29)41-13-11-39(12-14-41)8-3-15-47(2,43)44/h4-5,16-20,22,24H,3,6-15,21,23H2,1-2H3,(H,37,42). The number of anilines is 1. The number of amides is 1. The molecule has 0 radical (unpaired) electrons. The van der Waals surface area contributed by atoms with Crippen molar-refractivity contribution in [2.24, 2.45) is 5.92 Å². The SMILES string of the molecule is COC(=O)NCC1CCN(Cc2cc(Oc3ccc(N4CCN(CCCS(C)(=O)=O)CC4)nc3)nc(-c3cc(Cl)cc(Cl)c3)c2)CC1. The summed E-state index contributed by atoms with van der Waals surface area (Å²) in [5, 5.41) is 3.87. The van der Waals surface area contributed by atoms with E-state index < -0.39 is 15.9 Å². The average Bonchev–Trinajstić information content (AvgIpc) is 3.04. The number of piperazine rings is 1. The Balaban J connectivity index is 1.23. The van der Waals surface area contributed by atoms with Crippen LogP contribution in [0.1, 0.15) is 24.8 Å². The van der Waals surface area contributed by atoms with Gasteiger partial charge in [0.15, 0.2) is 0 Å². The molecule has 11 nitrogen and oxygen atoms in total. The topological polar surface area (TPSA) is 117 Å². The number of carbonyl (C=O) groups excluding carboxylic acids is 1. The highest BCUT2D eigenvalue weighted by molar-refractivity contribution is 7.90. The van der Waals surface area contributed by atoms with Crippen molar-refractivity contribution in [1.82, 2.24) is 25.1 Å². The number of sulfone groups is 1. The zero-order valence-corrected chi connectivity index (χ0v) is 29.2. The van der Waals surface area contributed by atoms with Gasteiger partial charge in [0.05, 0.1) is 24.8 Å². The van der Waals surface area contributed by atoms with Crippen LogP contribution < -0.4 is 15.0 Å². The lowest BCUT2D eigenvalue weighted by Crippen LogP contribution is -2.47. The average molecular weight is 706 g/mol. The molecule has 47 heavy (non-hydrogen) atoms. The third-order valence-electron chi connectivity index (χ3n) is 8.48. The van der Waals surface area contributed by atoms with E-state index in [1.807, 2.05) is 36.4 Å². The predicted molar refractivity (Wildman–Crippen MR) is 185 cm³/mol. The number of likely N-dealkylation sites (tertiary alicyclic amines) is 1. The summed E-state index contributed by atoms with van der Waals surface area (Å²) >= 11 is 12.7. The fourth-order valence-electron chi connectivity index (χ4n) is 5.95. The highest BCUT2D eigenvalue weighted by Gasteiger charge is 2.22. The van der Waals surface area contributed by atoms with E-state index in [1.54, 1.807) is 12.3 Å². The van der Waals surface area contributed by atoms with Crippen LogP contribution in [0.25, 0.3) is 11.3 Å². The molecule has 2 aliphatic rings. The van der Waals surface area contributed by atoms with E-state index in [9.17, 15) is 13.2 Å². The van der Waals surface area contributed by atoms with Crippen molar-refractivity contribution in [3.8, 4) is 22.9 Å². The number of carbonyl (C=O) groups is 1.